The summed E-state index contributed by atoms with van der Waals surface area (Å²) in [6, 6.07) is 0. The number of rotatable bonds is 4. The molecule has 0 spiro atoms. The van der Waals surface area contributed by atoms with Crippen molar-refractivity contribution >= 4 is 20.5 Å². The Morgan fingerprint density at radius 1 is 1.75 bits per heavy atom. The molecule has 0 radical (unpaired) electrons. The van der Waals surface area contributed by atoms with E-state index in [-0.39, 0.29) is 0 Å². The Morgan fingerprint density at radius 3 is 2.75 bits per heavy atom. The predicted octanol–water partition coefficient (Wildman–Crippen LogP) is 1.34. The molecular weight excluding hydrogens is 154 g/mol. The molecule has 1 N–H and O–H groups in total. The standard InChI is InChI=1S/C2H6ClO4P/c1-2-5-7-8(4)6-3/h4H,2H2,1H3. The third-order valence-corrected chi connectivity index (χ3v) is 0.999. The van der Waals surface area contributed by atoms with Crippen molar-refractivity contribution in [2.24, 2.45) is 0 Å². The maximum Gasteiger partial charge on any atom is 0.377 e. The molecule has 8 heavy (non-hydrogen) atoms. The SMILES string of the molecule is CCOOP(O)OCl. The van der Waals surface area contributed by atoms with Crippen molar-refractivity contribution in [2.45, 2.75) is 6.92 Å². The largest absolute Gasteiger partial charge is 0.377 e. The van der Waals surface area contributed by atoms with Crippen LogP contribution < -0.4 is 0 Å². The highest BCUT2D eigenvalue weighted by Crippen LogP contribution is 2.34. The summed E-state index contributed by atoms with van der Waals surface area (Å²) in [6.07, 6.45) is 0. The molecule has 0 bridgehead atoms. The molecule has 0 heterocycles. The number of hydrogen-bond donors (Lipinski definition) is 1. The van der Waals surface area contributed by atoms with Gasteiger partial charge in [0.25, 0.3) is 0 Å². The molecule has 0 amide bonds. The first kappa shape index (κ1) is 8.56. The maximum absolute atomic E-state index is 8.35. The molecule has 0 aliphatic rings. The highest BCUT2D eigenvalue weighted by Gasteiger charge is 2.03. The minimum atomic E-state index is -2.04. The normalized spacial score (nSPS) is 13.9. The third kappa shape index (κ3) is 4.71. The minimum Gasteiger partial charge on any atom is -0.326 e. The fourth-order valence-electron chi connectivity index (χ4n) is 0.109. The summed E-state index contributed by atoms with van der Waals surface area (Å²) in [6.45, 7) is 2.05. The second-order valence-electron chi connectivity index (χ2n) is 0.788. The van der Waals surface area contributed by atoms with Gasteiger partial charge in [-0.3, -0.25) is 0 Å². The molecule has 4 nitrogen and oxygen atoms in total. The summed E-state index contributed by atoms with van der Waals surface area (Å²) in [5.41, 5.74) is 0. The second kappa shape index (κ2) is 5.69. The lowest BCUT2D eigenvalue weighted by Gasteiger charge is -2.00. The van der Waals surface area contributed by atoms with Crippen LogP contribution in [0.3, 0.4) is 0 Å². The first-order chi connectivity index (χ1) is 3.81. The van der Waals surface area contributed by atoms with E-state index < -0.39 is 8.60 Å². The van der Waals surface area contributed by atoms with Gasteiger partial charge in [-0.2, -0.15) is 8.75 Å². The Hall–Kier alpha value is 0.560. The Bertz CT molecular complexity index is 53.3. The average molecular weight is 160 g/mol. The van der Waals surface area contributed by atoms with E-state index in [1.807, 2.05) is 0 Å². The smallest absolute Gasteiger partial charge is 0.326 e. The van der Waals surface area contributed by atoms with Crippen molar-refractivity contribution in [3.05, 3.63) is 0 Å². The second-order valence-corrected chi connectivity index (χ2v) is 1.96. The van der Waals surface area contributed by atoms with Crippen LogP contribution in [0.25, 0.3) is 0 Å². The Balaban J connectivity index is 2.86. The summed E-state index contributed by atoms with van der Waals surface area (Å²) in [5.74, 6) is 0. The van der Waals surface area contributed by atoms with Gasteiger partial charge < -0.3 is 4.89 Å². The lowest BCUT2D eigenvalue weighted by Crippen LogP contribution is -1.86. The van der Waals surface area contributed by atoms with Crippen LogP contribution in [0.15, 0.2) is 0 Å². The first-order valence-electron chi connectivity index (χ1n) is 1.88. The van der Waals surface area contributed by atoms with E-state index in [1.165, 1.54) is 0 Å². The fraction of sp³-hybridized carbons (Fsp3) is 1.00. The molecule has 0 fully saturated rings. The molecule has 0 aromatic carbocycles. The van der Waals surface area contributed by atoms with Gasteiger partial charge in [-0.05, 0) is 6.92 Å². The molecule has 1 atom stereocenters. The highest BCUT2D eigenvalue weighted by atomic mass is 35.5. The van der Waals surface area contributed by atoms with E-state index in [0.717, 1.165) is 0 Å². The predicted molar refractivity (Wildman–Crippen MR) is 28.8 cm³/mol. The first-order valence-corrected chi connectivity index (χ1v) is 3.32. The lowest BCUT2D eigenvalue weighted by molar-refractivity contribution is -0.207. The van der Waals surface area contributed by atoms with E-state index in [4.69, 9.17) is 4.89 Å². The molecule has 0 rings (SSSR count). The topological polar surface area (TPSA) is 47.9 Å². The van der Waals surface area contributed by atoms with Crippen LogP contribution in [0.1, 0.15) is 6.92 Å². The summed E-state index contributed by atoms with van der Waals surface area (Å²) in [5, 5.41) is 0. The van der Waals surface area contributed by atoms with Crippen LogP contribution in [0, 0.1) is 0 Å². The minimum absolute atomic E-state index is 0.347. The average Bonchev–Trinajstić information content (AvgIpc) is 1.83. The van der Waals surface area contributed by atoms with Crippen LogP contribution in [0.2, 0.25) is 0 Å². The summed E-state index contributed by atoms with van der Waals surface area (Å²) in [4.78, 5) is 12.6. The maximum atomic E-state index is 8.35. The lowest BCUT2D eigenvalue weighted by atomic mass is 10.9. The van der Waals surface area contributed by atoms with Crippen LogP contribution in [0.5, 0.6) is 0 Å². The molecular formula is C2H6ClO4P. The van der Waals surface area contributed by atoms with Gasteiger partial charge in [0, 0.05) is 0 Å². The Morgan fingerprint density at radius 2 is 2.38 bits per heavy atom. The van der Waals surface area contributed by atoms with Gasteiger partial charge in [0.1, 0.15) is 0 Å². The molecule has 0 saturated heterocycles. The van der Waals surface area contributed by atoms with Crippen LogP contribution >= 0.6 is 20.5 Å². The Labute approximate surface area is 53.4 Å². The van der Waals surface area contributed by atoms with E-state index >= 15 is 0 Å². The Kier molecular flexibility index (Phi) is 6.09. The highest BCUT2D eigenvalue weighted by molar-refractivity contribution is 7.41. The third-order valence-electron chi connectivity index (χ3n) is 0.293. The summed E-state index contributed by atoms with van der Waals surface area (Å²) < 4.78 is 7.90. The zero-order chi connectivity index (χ0) is 6.41. The van der Waals surface area contributed by atoms with E-state index in [1.54, 1.807) is 6.92 Å². The molecule has 0 aromatic heterocycles. The van der Waals surface area contributed by atoms with Gasteiger partial charge in [0.15, 0.2) is 0 Å². The molecule has 0 aliphatic carbocycles. The van der Waals surface area contributed by atoms with Crippen molar-refractivity contribution in [1.82, 2.24) is 0 Å². The number of halogens is 1. The van der Waals surface area contributed by atoms with E-state index in [0.29, 0.717) is 6.61 Å². The molecule has 0 aliphatic heterocycles. The zero-order valence-electron chi connectivity index (χ0n) is 4.20. The van der Waals surface area contributed by atoms with Crippen molar-refractivity contribution < 1.29 is 18.5 Å². The summed E-state index contributed by atoms with van der Waals surface area (Å²) in [7, 11) is -2.04. The van der Waals surface area contributed by atoms with E-state index in [9.17, 15) is 0 Å². The van der Waals surface area contributed by atoms with Crippen LogP contribution in [-0.2, 0) is 13.6 Å². The van der Waals surface area contributed by atoms with Crippen LogP contribution in [-0.4, -0.2) is 11.5 Å². The van der Waals surface area contributed by atoms with Gasteiger partial charge >= 0.3 is 8.60 Å². The number of hydrogen-bond acceptors (Lipinski definition) is 4. The molecule has 1 unspecified atom stereocenters. The van der Waals surface area contributed by atoms with Crippen molar-refractivity contribution in [3.8, 4) is 0 Å². The van der Waals surface area contributed by atoms with Crippen molar-refractivity contribution in [1.29, 1.82) is 0 Å². The molecule has 0 saturated carbocycles. The monoisotopic (exact) mass is 160 g/mol. The van der Waals surface area contributed by atoms with Crippen molar-refractivity contribution in [3.63, 3.8) is 0 Å². The molecule has 6 heteroatoms. The van der Waals surface area contributed by atoms with Crippen molar-refractivity contribution in [2.75, 3.05) is 6.61 Å². The van der Waals surface area contributed by atoms with Gasteiger partial charge in [-0.25, -0.2) is 4.89 Å². The van der Waals surface area contributed by atoms with Gasteiger partial charge in [0.05, 0.1) is 18.5 Å². The summed E-state index contributed by atoms with van der Waals surface area (Å²) >= 11 is 4.66. The fourth-order valence-corrected chi connectivity index (χ4v) is 0.397. The van der Waals surface area contributed by atoms with Gasteiger partial charge in [-0.15, -0.1) is 0 Å². The quantitative estimate of drug-likeness (QED) is 0.383. The van der Waals surface area contributed by atoms with Gasteiger partial charge in [-0.1, -0.05) is 0 Å². The van der Waals surface area contributed by atoms with Crippen LogP contribution in [0.4, 0.5) is 0 Å². The molecule has 50 valence electrons. The van der Waals surface area contributed by atoms with E-state index in [2.05, 4.69) is 25.5 Å². The zero-order valence-corrected chi connectivity index (χ0v) is 5.85. The van der Waals surface area contributed by atoms with Gasteiger partial charge in [0.2, 0.25) is 0 Å². The molecule has 0 aromatic rings.